The Morgan fingerprint density at radius 3 is 2.61 bits per heavy atom. The van der Waals surface area contributed by atoms with E-state index in [0.29, 0.717) is 6.54 Å². The first-order valence-electron chi connectivity index (χ1n) is 7.80. The van der Waals surface area contributed by atoms with Crippen LogP contribution in [0.3, 0.4) is 0 Å². The van der Waals surface area contributed by atoms with Crippen LogP contribution in [0.1, 0.15) is 16.7 Å². The largest absolute Gasteiger partial charge is 0.496 e. The van der Waals surface area contributed by atoms with Gasteiger partial charge in [-0.3, -0.25) is 4.79 Å². The minimum absolute atomic E-state index is 0.0195. The zero-order valence-corrected chi connectivity index (χ0v) is 14.3. The zero-order valence-electron chi connectivity index (χ0n) is 14.3. The highest BCUT2D eigenvalue weighted by Crippen LogP contribution is 2.18. The number of anilines is 1. The van der Waals surface area contributed by atoms with Crippen LogP contribution in [0.25, 0.3) is 0 Å². The monoisotopic (exact) mass is 313 g/mol. The lowest BCUT2D eigenvalue weighted by Gasteiger charge is -2.16. The Hall–Kier alpha value is -2.33. The molecule has 0 saturated carbocycles. The maximum Gasteiger partial charge on any atom is 0.279 e. The second-order valence-electron chi connectivity index (χ2n) is 5.92. The molecule has 0 aliphatic heterocycles. The summed E-state index contributed by atoms with van der Waals surface area (Å²) in [6, 6.07) is 13.9. The van der Waals surface area contributed by atoms with Gasteiger partial charge in [-0.1, -0.05) is 24.3 Å². The van der Waals surface area contributed by atoms with Gasteiger partial charge < -0.3 is 15.0 Å². The standard InChI is InChI=1S/C19H24N2O2/c1-14-8-7-10-17(15(14)2)20-19(22)13-21(3)12-16-9-5-6-11-18(16)23-4/h5-11H,12-13H2,1-4H3,(H,20,22)/p+1. The highest BCUT2D eigenvalue weighted by molar-refractivity contribution is 5.92. The molecule has 2 rings (SSSR count). The van der Waals surface area contributed by atoms with Crippen LogP contribution < -0.4 is 15.0 Å². The number of para-hydroxylation sites is 1. The number of methoxy groups -OCH3 is 1. The number of quaternary nitrogens is 1. The fourth-order valence-electron chi connectivity index (χ4n) is 2.59. The van der Waals surface area contributed by atoms with Gasteiger partial charge in [0, 0.05) is 11.3 Å². The van der Waals surface area contributed by atoms with Crippen molar-refractivity contribution in [3.63, 3.8) is 0 Å². The number of ether oxygens (including phenoxy) is 1. The molecular weight excluding hydrogens is 288 g/mol. The molecule has 0 heterocycles. The number of likely N-dealkylation sites (N-methyl/N-ethyl adjacent to an activating group) is 1. The summed E-state index contributed by atoms with van der Waals surface area (Å²) in [6.45, 7) is 5.22. The molecule has 2 aromatic carbocycles. The normalized spacial score (nSPS) is 11.8. The summed E-state index contributed by atoms with van der Waals surface area (Å²) in [4.78, 5) is 13.4. The van der Waals surface area contributed by atoms with Crippen LogP contribution in [0.15, 0.2) is 42.5 Å². The van der Waals surface area contributed by atoms with Gasteiger partial charge in [0.15, 0.2) is 6.54 Å². The maximum absolute atomic E-state index is 12.3. The molecule has 0 aliphatic rings. The molecular formula is C19H25N2O2+. The third kappa shape index (κ3) is 4.57. The summed E-state index contributed by atoms with van der Waals surface area (Å²) in [5.74, 6) is 0.882. The van der Waals surface area contributed by atoms with E-state index in [1.807, 2.05) is 63.4 Å². The van der Waals surface area contributed by atoms with Crippen molar-refractivity contribution in [2.24, 2.45) is 0 Å². The molecule has 4 heteroatoms. The Bertz CT molecular complexity index is 683. The van der Waals surface area contributed by atoms with Gasteiger partial charge in [-0.05, 0) is 43.2 Å². The highest BCUT2D eigenvalue weighted by Gasteiger charge is 2.14. The molecule has 1 unspecified atom stereocenters. The second kappa shape index (κ2) is 7.79. The number of carbonyl (C=O) groups excluding carboxylic acids is 1. The fourth-order valence-corrected chi connectivity index (χ4v) is 2.59. The lowest BCUT2D eigenvalue weighted by Crippen LogP contribution is -3.08. The van der Waals surface area contributed by atoms with Crippen LogP contribution in [0, 0.1) is 13.8 Å². The van der Waals surface area contributed by atoms with Gasteiger partial charge in [0.05, 0.1) is 14.2 Å². The van der Waals surface area contributed by atoms with Gasteiger partial charge in [0.1, 0.15) is 12.3 Å². The SMILES string of the molecule is COc1ccccc1C[NH+](C)CC(=O)Nc1cccc(C)c1C. The number of amides is 1. The highest BCUT2D eigenvalue weighted by atomic mass is 16.5. The Balaban J connectivity index is 1.96. The van der Waals surface area contributed by atoms with Crippen LogP contribution >= 0.6 is 0 Å². The van der Waals surface area contributed by atoms with Gasteiger partial charge in [-0.25, -0.2) is 0 Å². The quantitative estimate of drug-likeness (QED) is 0.856. The van der Waals surface area contributed by atoms with E-state index in [9.17, 15) is 4.79 Å². The maximum atomic E-state index is 12.3. The molecule has 122 valence electrons. The summed E-state index contributed by atoms with van der Waals surface area (Å²) in [5, 5.41) is 3.01. The lowest BCUT2D eigenvalue weighted by molar-refractivity contribution is -0.885. The van der Waals surface area contributed by atoms with E-state index >= 15 is 0 Å². The molecule has 23 heavy (non-hydrogen) atoms. The topological polar surface area (TPSA) is 42.8 Å². The number of hydrogen-bond donors (Lipinski definition) is 2. The lowest BCUT2D eigenvalue weighted by atomic mass is 10.1. The molecule has 0 bridgehead atoms. The minimum atomic E-state index is 0.0195. The summed E-state index contributed by atoms with van der Waals surface area (Å²) < 4.78 is 5.36. The first kappa shape index (κ1) is 17.0. The Morgan fingerprint density at radius 2 is 1.87 bits per heavy atom. The molecule has 0 radical (unpaired) electrons. The number of benzene rings is 2. The van der Waals surface area contributed by atoms with Crippen molar-refractivity contribution < 1.29 is 14.4 Å². The van der Waals surface area contributed by atoms with Crippen LogP contribution in [-0.4, -0.2) is 26.6 Å². The van der Waals surface area contributed by atoms with Crippen LogP contribution in [0.2, 0.25) is 0 Å². The van der Waals surface area contributed by atoms with E-state index < -0.39 is 0 Å². The van der Waals surface area contributed by atoms with Gasteiger partial charge >= 0.3 is 0 Å². The minimum Gasteiger partial charge on any atom is -0.496 e. The number of rotatable bonds is 6. The molecule has 4 nitrogen and oxygen atoms in total. The van der Waals surface area contributed by atoms with Crippen molar-refractivity contribution in [1.29, 1.82) is 0 Å². The van der Waals surface area contributed by atoms with E-state index in [1.165, 1.54) is 5.56 Å². The summed E-state index contributed by atoms with van der Waals surface area (Å²) in [6.07, 6.45) is 0. The molecule has 0 aromatic heterocycles. The van der Waals surface area contributed by atoms with Crippen molar-refractivity contribution in [3.8, 4) is 5.75 Å². The average Bonchev–Trinajstić information content (AvgIpc) is 2.52. The second-order valence-corrected chi connectivity index (χ2v) is 5.92. The van der Waals surface area contributed by atoms with Crippen molar-refractivity contribution in [2.45, 2.75) is 20.4 Å². The third-order valence-corrected chi connectivity index (χ3v) is 4.03. The van der Waals surface area contributed by atoms with Gasteiger partial charge in [0.2, 0.25) is 0 Å². The molecule has 2 aromatic rings. The first-order valence-corrected chi connectivity index (χ1v) is 7.80. The van der Waals surface area contributed by atoms with E-state index in [0.717, 1.165) is 34.0 Å². The molecule has 0 spiro atoms. The molecule has 0 fully saturated rings. The van der Waals surface area contributed by atoms with Gasteiger partial charge in [-0.15, -0.1) is 0 Å². The Morgan fingerprint density at radius 1 is 1.13 bits per heavy atom. The summed E-state index contributed by atoms with van der Waals surface area (Å²) in [7, 11) is 3.68. The van der Waals surface area contributed by atoms with Crippen molar-refractivity contribution in [2.75, 3.05) is 26.0 Å². The molecule has 2 N–H and O–H groups in total. The van der Waals surface area contributed by atoms with Crippen molar-refractivity contribution in [1.82, 2.24) is 0 Å². The van der Waals surface area contributed by atoms with Gasteiger partial charge in [0.25, 0.3) is 5.91 Å². The number of aryl methyl sites for hydroxylation is 1. The summed E-state index contributed by atoms with van der Waals surface area (Å²) in [5.41, 5.74) is 4.29. The van der Waals surface area contributed by atoms with Crippen LogP contribution in [0.4, 0.5) is 5.69 Å². The number of carbonyl (C=O) groups is 1. The number of hydrogen-bond acceptors (Lipinski definition) is 2. The Kier molecular flexibility index (Phi) is 5.77. The average molecular weight is 313 g/mol. The third-order valence-electron chi connectivity index (χ3n) is 4.03. The zero-order chi connectivity index (χ0) is 16.8. The fraction of sp³-hybridized carbons (Fsp3) is 0.316. The van der Waals surface area contributed by atoms with E-state index in [1.54, 1.807) is 7.11 Å². The predicted molar refractivity (Wildman–Crippen MR) is 93.0 cm³/mol. The van der Waals surface area contributed by atoms with Crippen LogP contribution in [0.5, 0.6) is 5.75 Å². The smallest absolute Gasteiger partial charge is 0.279 e. The van der Waals surface area contributed by atoms with E-state index in [-0.39, 0.29) is 5.91 Å². The molecule has 0 saturated heterocycles. The first-order chi connectivity index (χ1) is 11.0. The van der Waals surface area contributed by atoms with E-state index in [4.69, 9.17) is 4.74 Å². The van der Waals surface area contributed by atoms with Gasteiger partial charge in [-0.2, -0.15) is 0 Å². The van der Waals surface area contributed by atoms with Crippen molar-refractivity contribution in [3.05, 3.63) is 59.2 Å². The number of nitrogens with one attached hydrogen (secondary N) is 2. The molecule has 0 aliphatic carbocycles. The van der Waals surface area contributed by atoms with Crippen LogP contribution in [-0.2, 0) is 11.3 Å². The van der Waals surface area contributed by atoms with Crippen molar-refractivity contribution >= 4 is 11.6 Å². The van der Waals surface area contributed by atoms with E-state index in [2.05, 4.69) is 5.32 Å². The molecule has 1 amide bonds. The predicted octanol–water partition coefficient (Wildman–Crippen LogP) is 1.97. The Labute approximate surface area is 138 Å². The molecule has 1 atom stereocenters. The summed E-state index contributed by atoms with van der Waals surface area (Å²) >= 11 is 0.